The van der Waals surface area contributed by atoms with E-state index in [0.29, 0.717) is 5.57 Å². The lowest BCUT2D eigenvalue weighted by atomic mass is 10.0. The topological polar surface area (TPSA) is 46.2 Å². The highest BCUT2D eigenvalue weighted by molar-refractivity contribution is 6.15. The molecule has 0 atom stereocenters. The quantitative estimate of drug-likeness (QED) is 0.573. The molecule has 3 nitrogen and oxygen atoms in total. The molecule has 1 aromatic carbocycles. The van der Waals surface area contributed by atoms with Crippen molar-refractivity contribution in [3.8, 4) is 0 Å². The molecule has 82 valence electrons. The van der Waals surface area contributed by atoms with Crippen molar-refractivity contribution in [2.24, 2.45) is 0 Å². The van der Waals surface area contributed by atoms with Crippen molar-refractivity contribution in [1.29, 1.82) is 0 Å². The van der Waals surface area contributed by atoms with Crippen molar-refractivity contribution >= 4 is 17.9 Å². The summed E-state index contributed by atoms with van der Waals surface area (Å²) in [5.74, 6) is -0.497. The maximum absolute atomic E-state index is 11.3. The molecule has 1 N–H and O–H groups in total. The Morgan fingerprint density at radius 2 is 1.94 bits per heavy atom. The highest BCUT2D eigenvalue weighted by atomic mass is 16.2. The van der Waals surface area contributed by atoms with Crippen LogP contribution in [-0.4, -0.2) is 11.8 Å². The molecule has 1 fully saturated rings. The van der Waals surface area contributed by atoms with E-state index in [9.17, 15) is 9.59 Å². The first-order chi connectivity index (χ1) is 7.56. The molecule has 0 aromatic heterocycles. The zero-order valence-electron chi connectivity index (χ0n) is 9.33. The first-order valence-electron chi connectivity index (χ1n) is 5.18. The second-order valence-electron chi connectivity index (χ2n) is 4.07. The van der Waals surface area contributed by atoms with Gasteiger partial charge in [-0.2, -0.15) is 0 Å². The Kier molecular flexibility index (Phi) is 2.60. The van der Waals surface area contributed by atoms with Crippen LogP contribution in [0.4, 0.5) is 0 Å². The van der Waals surface area contributed by atoms with Gasteiger partial charge in [-0.15, -0.1) is 0 Å². The lowest BCUT2D eigenvalue weighted by Gasteiger charge is -2.01. The molecule has 0 aliphatic carbocycles. The Bertz CT molecular complexity index is 501. The van der Waals surface area contributed by atoms with Crippen molar-refractivity contribution < 1.29 is 9.59 Å². The molecule has 0 radical (unpaired) electrons. The first-order valence-corrected chi connectivity index (χ1v) is 5.18. The molecular formula is C13H13NO2. The smallest absolute Gasteiger partial charge is 0.254 e. The molecule has 2 rings (SSSR count). The molecule has 1 aromatic rings. The monoisotopic (exact) mass is 215 g/mol. The summed E-state index contributed by atoms with van der Waals surface area (Å²) in [6.07, 6.45) is 1.96. The maximum atomic E-state index is 11.3. The average molecular weight is 215 g/mol. The summed E-state index contributed by atoms with van der Waals surface area (Å²) in [5.41, 5.74) is 3.89. The van der Waals surface area contributed by atoms with Gasteiger partial charge >= 0.3 is 0 Å². The number of benzene rings is 1. The van der Waals surface area contributed by atoms with Gasteiger partial charge in [0, 0.05) is 5.57 Å². The predicted octanol–water partition coefficient (Wildman–Crippen LogP) is 1.73. The molecule has 0 spiro atoms. The van der Waals surface area contributed by atoms with Crippen LogP contribution in [0.5, 0.6) is 0 Å². The van der Waals surface area contributed by atoms with E-state index in [1.165, 1.54) is 11.1 Å². The van der Waals surface area contributed by atoms with Gasteiger partial charge in [-0.1, -0.05) is 18.2 Å². The molecule has 0 bridgehead atoms. The van der Waals surface area contributed by atoms with Crippen molar-refractivity contribution in [3.05, 3.63) is 40.5 Å². The van der Waals surface area contributed by atoms with Crippen LogP contribution in [0.15, 0.2) is 23.8 Å². The van der Waals surface area contributed by atoms with Crippen molar-refractivity contribution in [2.45, 2.75) is 20.3 Å². The summed E-state index contributed by atoms with van der Waals surface area (Å²) in [4.78, 5) is 22.3. The summed E-state index contributed by atoms with van der Waals surface area (Å²) in [6.45, 7) is 4.06. The molecule has 1 aliphatic rings. The summed E-state index contributed by atoms with van der Waals surface area (Å²) in [6, 6.07) is 5.97. The summed E-state index contributed by atoms with van der Waals surface area (Å²) in [5, 5.41) is 2.27. The number of amides is 2. The molecule has 1 aliphatic heterocycles. The molecule has 0 unspecified atom stereocenters. The minimum absolute atomic E-state index is 0.186. The van der Waals surface area contributed by atoms with Crippen LogP contribution >= 0.6 is 0 Å². The van der Waals surface area contributed by atoms with Gasteiger partial charge in [0.15, 0.2) is 0 Å². The number of hydrogen-bond acceptors (Lipinski definition) is 2. The van der Waals surface area contributed by atoms with E-state index in [4.69, 9.17) is 0 Å². The summed E-state index contributed by atoms with van der Waals surface area (Å²) in [7, 11) is 0. The summed E-state index contributed by atoms with van der Waals surface area (Å²) < 4.78 is 0. The van der Waals surface area contributed by atoms with Crippen molar-refractivity contribution in [3.63, 3.8) is 0 Å². The molecule has 0 saturated carbocycles. The van der Waals surface area contributed by atoms with Gasteiger partial charge in [0.25, 0.3) is 5.91 Å². The largest absolute Gasteiger partial charge is 0.292 e. The highest BCUT2D eigenvalue weighted by Crippen LogP contribution is 2.17. The SMILES string of the molecule is Cc1ccc(/C=C2\CC(=O)NC2=O)cc1C. The third-order valence-electron chi connectivity index (χ3n) is 2.77. The van der Waals surface area contributed by atoms with Gasteiger partial charge in [0.05, 0.1) is 6.42 Å². The molecule has 1 saturated heterocycles. The Hall–Kier alpha value is -1.90. The molecule has 2 amide bonds. The number of rotatable bonds is 1. The fraction of sp³-hybridized carbons (Fsp3) is 0.231. The van der Waals surface area contributed by atoms with Crippen LogP contribution in [0, 0.1) is 13.8 Å². The van der Waals surface area contributed by atoms with E-state index in [-0.39, 0.29) is 18.2 Å². The number of carbonyl (C=O) groups is 2. The number of imide groups is 1. The van der Waals surface area contributed by atoms with Crippen LogP contribution in [-0.2, 0) is 9.59 Å². The summed E-state index contributed by atoms with van der Waals surface area (Å²) >= 11 is 0. The second-order valence-corrected chi connectivity index (χ2v) is 4.07. The van der Waals surface area contributed by atoms with E-state index in [1.54, 1.807) is 6.08 Å². The Labute approximate surface area is 94.2 Å². The number of nitrogens with one attached hydrogen (secondary N) is 1. The van der Waals surface area contributed by atoms with Gasteiger partial charge in [-0.05, 0) is 36.6 Å². The lowest BCUT2D eigenvalue weighted by molar-refractivity contribution is -0.124. The zero-order chi connectivity index (χ0) is 11.7. The number of aryl methyl sites for hydroxylation is 2. The highest BCUT2D eigenvalue weighted by Gasteiger charge is 2.23. The Morgan fingerprint density at radius 3 is 2.50 bits per heavy atom. The Balaban J connectivity index is 2.32. The first kappa shape index (κ1) is 10.6. The van der Waals surface area contributed by atoms with Gasteiger partial charge in [-0.3, -0.25) is 14.9 Å². The standard InChI is InChI=1S/C13H13NO2/c1-8-3-4-10(5-9(8)2)6-11-7-12(15)14-13(11)16/h3-6H,7H2,1-2H3,(H,14,15,16)/b11-6+. The number of carbonyl (C=O) groups excluding carboxylic acids is 2. The van der Waals surface area contributed by atoms with E-state index in [2.05, 4.69) is 5.32 Å². The van der Waals surface area contributed by atoms with E-state index < -0.39 is 0 Å². The van der Waals surface area contributed by atoms with E-state index in [0.717, 1.165) is 5.56 Å². The molecule has 1 heterocycles. The average Bonchev–Trinajstić information content (AvgIpc) is 2.51. The van der Waals surface area contributed by atoms with E-state index in [1.807, 2.05) is 32.0 Å². The van der Waals surface area contributed by atoms with Crippen LogP contribution in [0.3, 0.4) is 0 Å². The minimum Gasteiger partial charge on any atom is -0.292 e. The van der Waals surface area contributed by atoms with Crippen LogP contribution in [0.25, 0.3) is 6.08 Å². The van der Waals surface area contributed by atoms with Gasteiger partial charge in [0.1, 0.15) is 0 Å². The molecular weight excluding hydrogens is 202 g/mol. The van der Waals surface area contributed by atoms with Crippen LogP contribution in [0.1, 0.15) is 23.1 Å². The second kappa shape index (κ2) is 3.93. The van der Waals surface area contributed by atoms with Crippen LogP contribution < -0.4 is 5.32 Å². The van der Waals surface area contributed by atoms with Gasteiger partial charge in [-0.25, -0.2) is 0 Å². The fourth-order valence-corrected chi connectivity index (χ4v) is 1.68. The molecule has 16 heavy (non-hydrogen) atoms. The zero-order valence-corrected chi connectivity index (χ0v) is 9.33. The Morgan fingerprint density at radius 1 is 1.19 bits per heavy atom. The molecule has 3 heteroatoms. The van der Waals surface area contributed by atoms with Crippen LogP contribution in [0.2, 0.25) is 0 Å². The van der Waals surface area contributed by atoms with Gasteiger partial charge < -0.3 is 0 Å². The van der Waals surface area contributed by atoms with Crippen molar-refractivity contribution in [2.75, 3.05) is 0 Å². The lowest BCUT2D eigenvalue weighted by Crippen LogP contribution is -2.19. The van der Waals surface area contributed by atoms with Gasteiger partial charge in [0.2, 0.25) is 5.91 Å². The maximum Gasteiger partial charge on any atom is 0.254 e. The number of hydrogen-bond donors (Lipinski definition) is 1. The predicted molar refractivity (Wildman–Crippen MR) is 61.7 cm³/mol. The third kappa shape index (κ3) is 2.03. The third-order valence-corrected chi connectivity index (χ3v) is 2.77. The minimum atomic E-state index is -0.275. The van der Waals surface area contributed by atoms with E-state index >= 15 is 0 Å². The van der Waals surface area contributed by atoms with Crippen molar-refractivity contribution in [1.82, 2.24) is 5.32 Å². The fourth-order valence-electron chi connectivity index (χ4n) is 1.68. The normalized spacial score (nSPS) is 18.0.